The van der Waals surface area contributed by atoms with Crippen LogP contribution in [-0.4, -0.2) is 256 Å². The van der Waals surface area contributed by atoms with Crippen LogP contribution in [-0.2, 0) is 37.9 Å². The molecule has 0 spiro atoms. The number of hydrogen-bond acceptors (Lipinski definition) is 24. The van der Waals surface area contributed by atoms with Crippen LogP contribution in [0.4, 0.5) is 0 Å². The first-order valence-corrected chi connectivity index (χ1v) is 28.0. The first kappa shape index (κ1) is 61.3. The van der Waals surface area contributed by atoms with Crippen LogP contribution in [0.1, 0.15) is 99.8 Å². The van der Waals surface area contributed by atoms with Crippen molar-refractivity contribution < 1.29 is 120 Å². The minimum atomic E-state index is -1.95. The number of allylic oxidation sites excluding steroid dienone is 2. The fourth-order valence-corrected chi connectivity index (χ4v) is 16.9. The zero-order chi connectivity index (χ0) is 57.1. The number of fused-ring (bicyclic) bond motifs is 7. The lowest BCUT2D eigenvalue weighted by Gasteiger charge is -2.72. The summed E-state index contributed by atoms with van der Waals surface area (Å²) in [5.41, 5.74) is -2.35. The Labute approximate surface area is 454 Å². The Balaban J connectivity index is 0.974. The maximum Gasteiger partial charge on any atom is 0.187 e. The Morgan fingerprint density at radius 1 is 0.474 bits per heavy atom. The van der Waals surface area contributed by atoms with Crippen molar-refractivity contribution in [2.75, 3.05) is 33.0 Å². The van der Waals surface area contributed by atoms with Crippen molar-refractivity contribution in [1.82, 2.24) is 0 Å². The van der Waals surface area contributed by atoms with Crippen LogP contribution in [0.15, 0.2) is 11.6 Å². The molecule has 24 nitrogen and oxygen atoms in total. The van der Waals surface area contributed by atoms with Gasteiger partial charge in [0.1, 0.15) is 97.7 Å². The van der Waals surface area contributed by atoms with Gasteiger partial charge in [0.2, 0.25) is 0 Å². The maximum absolute atomic E-state index is 12.8. The van der Waals surface area contributed by atoms with E-state index in [4.69, 9.17) is 37.9 Å². The Bertz CT molecular complexity index is 2100. The molecule has 0 unspecified atom stereocenters. The molecule has 0 amide bonds. The molecular weight excluding hydrogens is 1030 g/mol. The van der Waals surface area contributed by atoms with Crippen LogP contribution in [0, 0.1) is 50.2 Å². The number of rotatable bonds is 13. The second-order valence-corrected chi connectivity index (χ2v) is 26.5. The van der Waals surface area contributed by atoms with E-state index in [-0.39, 0.29) is 34.0 Å². The zero-order valence-electron chi connectivity index (χ0n) is 45.7. The van der Waals surface area contributed by atoms with Crippen molar-refractivity contribution in [1.29, 1.82) is 0 Å². The summed E-state index contributed by atoms with van der Waals surface area (Å²) in [7, 11) is 0. The minimum Gasteiger partial charge on any atom is -0.396 e. The van der Waals surface area contributed by atoms with Gasteiger partial charge in [0.15, 0.2) is 25.2 Å². The summed E-state index contributed by atoms with van der Waals surface area (Å²) in [6.45, 7) is 11.9. The first-order valence-electron chi connectivity index (χ1n) is 28.0. The Hall–Kier alpha value is -1.22. The first-order chi connectivity index (χ1) is 36.5. The van der Waals surface area contributed by atoms with Crippen molar-refractivity contribution >= 4 is 0 Å². The molecule has 0 radical (unpaired) electrons. The third-order valence-corrected chi connectivity index (χ3v) is 21.6. The molecule has 0 aromatic carbocycles. The van der Waals surface area contributed by atoms with Gasteiger partial charge in [0.25, 0.3) is 0 Å². The second-order valence-electron chi connectivity index (χ2n) is 26.5. The summed E-state index contributed by atoms with van der Waals surface area (Å²) >= 11 is 0. The highest BCUT2D eigenvalue weighted by molar-refractivity contribution is 5.36. The van der Waals surface area contributed by atoms with Crippen molar-refractivity contribution in [3.8, 4) is 0 Å². The number of ether oxygens (including phenoxy) is 8. The van der Waals surface area contributed by atoms with Crippen LogP contribution in [0.3, 0.4) is 0 Å². The maximum atomic E-state index is 12.8. The lowest BCUT2D eigenvalue weighted by Crippen LogP contribution is -2.70. The Morgan fingerprint density at radius 2 is 0.923 bits per heavy atom. The molecule has 5 aliphatic carbocycles. The third kappa shape index (κ3) is 9.71. The van der Waals surface area contributed by atoms with Gasteiger partial charge >= 0.3 is 0 Å². The predicted octanol–water partition coefficient (Wildman–Crippen LogP) is -3.62. The van der Waals surface area contributed by atoms with Gasteiger partial charge in [0, 0.05) is 0 Å². The van der Waals surface area contributed by atoms with E-state index in [1.807, 2.05) is 0 Å². The minimum absolute atomic E-state index is 0.0161. The number of aliphatic hydroxyl groups is 16. The number of aliphatic hydroxyl groups excluding tert-OH is 16. The summed E-state index contributed by atoms with van der Waals surface area (Å²) in [6, 6.07) is 0. The molecule has 78 heavy (non-hydrogen) atoms. The highest BCUT2D eigenvalue weighted by Crippen LogP contribution is 2.76. The predicted molar refractivity (Wildman–Crippen MR) is 265 cm³/mol. The highest BCUT2D eigenvalue weighted by atomic mass is 16.8. The molecule has 24 heteroatoms. The summed E-state index contributed by atoms with van der Waals surface area (Å²) in [5, 5.41) is 174. The van der Waals surface area contributed by atoms with Crippen LogP contribution in [0.5, 0.6) is 0 Å². The highest BCUT2D eigenvalue weighted by Gasteiger charge is 2.72. The summed E-state index contributed by atoms with van der Waals surface area (Å²) in [4.78, 5) is 0. The third-order valence-electron chi connectivity index (χ3n) is 21.6. The molecule has 4 aliphatic heterocycles. The van der Waals surface area contributed by atoms with E-state index in [2.05, 4.69) is 54.5 Å². The summed E-state index contributed by atoms with van der Waals surface area (Å²) < 4.78 is 49.1. The van der Waals surface area contributed by atoms with E-state index in [9.17, 15) is 81.7 Å². The van der Waals surface area contributed by atoms with E-state index in [0.717, 1.165) is 18.4 Å². The van der Waals surface area contributed by atoms with E-state index in [0.29, 0.717) is 38.5 Å². The topological polar surface area (TPSA) is 398 Å². The molecule has 4 saturated carbocycles. The van der Waals surface area contributed by atoms with Gasteiger partial charge in [-0.2, -0.15) is 0 Å². The van der Waals surface area contributed by atoms with Crippen LogP contribution in [0.25, 0.3) is 0 Å². The average Bonchev–Trinajstić information content (AvgIpc) is 2.00. The molecule has 4 saturated heterocycles. The van der Waals surface area contributed by atoms with E-state index < -0.39 is 190 Å². The van der Waals surface area contributed by atoms with Gasteiger partial charge in [-0.1, -0.05) is 60.1 Å². The van der Waals surface area contributed by atoms with Gasteiger partial charge in [-0.3, -0.25) is 0 Å². The molecule has 8 fully saturated rings. The largest absolute Gasteiger partial charge is 0.396 e. The summed E-state index contributed by atoms with van der Waals surface area (Å²) in [5.74, 6) is -0.257. The standard InChI is InChI=1S/C54H90O24/c1-49(2)14-23-22-8-9-29-51(5)12-11-31(50(3,4)28(51)10-13-52(29,6)53(22,7)15-30(60)54(23,21-59)32(16-49)76-45-41(69)37(65)33(61)24(17-55)71-45)75-47-43(39(67)35(63)26(19-57)73-47)78-48-44(40(68)36(64)27(20-58)74-48)77-46-42(70)38(66)34(62)25(18-56)72-46/h8,23-48,55-70H,9-21H2,1-7H3/t23-,24+,25+,26+,27+,28-,29+,30+,31-,32-,33+,34+,35+,36+,37-,38-,39-,40-,41+,42+,43+,44+,45-,46-,47-,48-,51-,52+,53+,54-/m0/s1. The van der Waals surface area contributed by atoms with Gasteiger partial charge in [0.05, 0.1) is 56.8 Å². The van der Waals surface area contributed by atoms with Crippen molar-refractivity contribution in [3.05, 3.63) is 11.6 Å². The molecule has 4 heterocycles. The molecule has 16 N–H and O–H groups in total. The monoisotopic (exact) mass is 1120 g/mol. The average molecular weight is 1120 g/mol. The second kappa shape index (κ2) is 22.3. The fourth-order valence-electron chi connectivity index (χ4n) is 16.9. The van der Waals surface area contributed by atoms with Crippen LogP contribution < -0.4 is 0 Å². The van der Waals surface area contributed by atoms with Gasteiger partial charge in [-0.25, -0.2) is 0 Å². The van der Waals surface area contributed by atoms with Crippen molar-refractivity contribution in [3.63, 3.8) is 0 Å². The quantitative estimate of drug-likeness (QED) is 0.0625. The van der Waals surface area contributed by atoms with Crippen LogP contribution in [0.2, 0.25) is 0 Å². The SMILES string of the molecule is CC1(C)C[C@H](O[C@@H]2O[C@H](CO)[C@@H](O)[C@H](O)[C@H]2O)[C@]2(CO)[C@H](O)C[C@]3(C)C(=CC[C@@H]4[C@@]5(C)CC[C@H](O[C@@H]6O[C@H](CO)[C@@H](O)[C@H](O)[C@H]6O[C@@H]6O[C@H](CO)[C@@H](O)[C@H](O)[C@H]6O[C@@H]6O[C@H](CO)[C@@H](O)[C@H](O)[C@H]6O)C(C)(C)[C@@H]5CC[C@]43C)[C@@H]2C1. The van der Waals surface area contributed by atoms with Gasteiger partial charge in [-0.15, -0.1) is 0 Å². The van der Waals surface area contributed by atoms with E-state index in [1.54, 1.807) is 0 Å². The lowest BCUT2D eigenvalue weighted by atomic mass is 9.33. The van der Waals surface area contributed by atoms with E-state index in [1.165, 1.54) is 0 Å². The van der Waals surface area contributed by atoms with Gasteiger partial charge < -0.3 is 120 Å². The molecule has 30 atom stereocenters. The van der Waals surface area contributed by atoms with Crippen LogP contribution >= 0.6 is 0 Å². The normalized spacial score (nSPS) is 54.9. The molecule has 450 valence electrons. The summed E-state index contributed by atoms with van der Waals surface area (Å²) in [6.07, 6.45) is -29.1. The fraction of sp³-hybridized carbons (Fsp3) is 0.963. The lowest BCUT2D eigenvalue weighted by molar-refractivity contribution is -0.398. The molecule has 0 aromatic rings. The number of hydrogen-bond donors (Lipinski definition) is 16. The van der Waals surface area contributed by atoms with Crippen molar-refractivity contribution in [2.45, 2.75) is 241 Å². The molecule has 0 bridgehead atoms. The molecule has 9 aliphatic rings. The Kier molecular flexibility index (Phi) is 17.6. The van der Waals surface area contributed by atoms with Crippen molar-refractivity contribution in [2.24, 2.45) is 50.2 Å². The molecule has 9 rings (SSSR count). The van der Waals surface area contributed by atoms with E-state index >= 15 is 0 Å². The zero-order valence-corrected chi connectivity index (χ0v) is 45.7. The molecular formula is C54H90O24. The molecule has 0 aromatic heterocycles. The van der Waals surface area contributed by atoms with Gasteiger partial charge in [-0.05, 0) is 96.2 Å². The smallest absolute Gasteiger partial charge is 0.187 e. The Morgan fingerprint density at radius 3 is 1.42 bits per heavy atom.